The summed E-state index contributed by atoms with van der Waals surface area (Å²) < 4.78 is 14.7. The molecule has 150 valence electrons. The van der Waals surface area contributed by atoms with Gasteiger partial charge in [0, 0.05) is 12.8 Å². The Kier molecular flexibility index (Phi) is 23.8. The number of aliphatic hydroxyl groups excluding tert-OH is 2. The van der Waals surface area contributed by atoms with Gasteiger partial charge in [0.25, 0.3) is 0 Å². The second-order valence-electron chi connectivity index (χ2n) is 5.41. The molecule has 0 aliphatic heterocycles. The van der Waals surface area contributed by atoms with E-state index >= 15 is 0 Å². The Balaban J connectivity index is 0. The van der Waals surface area contributed by atoms with Crippen molar-refractivity contribution >= 4 is 11.9 Å². The van der Waals surface area contributed by atoms with Gasteiger partial charge in [-0.25, -0.2) is 0 Å². The second kappa shape index (κ2) is 22.8. The molecule has 0 saturated heterocycles. The Morgan fingerprint density at radius 1 is 0.680 bits per heavy atom. The first-order chi connectivity index (χ1) is 12.1. The van der Waals surface area contributed by atoms with Gasteiger partial charge in [0.2, 0.25) is 0 Å². The molecule has 0 aliphatic carbocycles. The third kappa shape index (κ3) is 25.2. The third-order valence-corrected chi connectivity index (χ3v) is 3.00. The van der Waals surface area contributed by atoms with Gasteiger partial charge in [-0.2, -0.15) is 0 Å². The lowest BCUT2D eigenvalue weighted by Gasteiger charge is -2.04. The number of carbonyl (C=O) groups excluding carboxylic acids is 2. The van der Waals surface area contributed by atoms with Crippen LogP contribution in [0.1, 0.15) is 65.2 Å². The number of rotatable bonds is 15. The van der Waals surface area contributed by atoms with Crippen LogP contribution in [0.25, 0.3) is 0 Å². The van der Waals surface area contributed by atoms with Gasteiger partial charge in [-0.3, -0.25) is 9.59 Å². The summed E-state index contributed by atoms with van der Waals surface area (Å²) in [7, 11) is 0. The number of ether oxygens (including phenoxy) is 3. The van der Waals surface area contributed by atoms with Crippen LogP contribution in [0, 0.1) is 0 Å². The minimum atomic E-state index is -0.164. The monoisotopic (exact) mass is 364 g/mol. The minimum absolute atomic E-state index is 0.0278. The molecule has 0 radical (unpaired) electrons. The van der Waals surface area contributed by atoms with Crippen LogP contribution in [-0.2, 0) is 23.8 Å². The predicted octanol–water partition coefficient (Wildman–Crippen LogP) is 2.22. The molecule has 7 nitrogen and oxygen atoms in total. The largest absolute Gasteiger partial charge is 0.466 e. The van der Waals surface area contributed by atoms with Crippen molar-refractivity contribution < 1.29 is 34.0 Å². The van der Waals surface area contributed by atoms with Gasteiger partial charge < -0.3 is 24.4 Å². The van der Waals surface area contributed by atoms with Gasteiger partial charge in [-0.1, -0.05) is 26.7 Å². The molecule has 2 N–H and O–H groups in total. The van der Waals surface area contributed by atoms with Crippen molar-refractivity contribution in [3.63, 3.8) is 0 Å². The second-order valence-corrected chi connectivity index (χ2v) is 5.41. The maximum atomic E-state index is 11.2. The number of hydrogen-bond acceptors (Lipinski definition) is 7. The van der Waals surface area contributed by atoms with Gasteiger partial charge in [-0.05, 0) is 25.7 Å². The fourth-order valence-corrected chi connectivity index (χ4v) is 1.57. The highest BCUT2D eigenvalue weighted by atomic mass is 16.5. The Morgan fingerprint density at radius 2 is 1.08 bits per heavy atom. The van der Waals surface area contributed by atoms with Crippen molar-refractivity contribution in [3.8, 4) is 0 Å². The zero-order valence-electron chi connectivity index (χ0n) is 15.8. The fraction of sp³-hybridized carbons (Fsp3) is 0.889. The van der Waals surface area contributed by atoms with Gasteiger partial charge in [0.1, 0.15) is 0 Å². The van der Waals surface area contributed by atoms with E-state index in [0.29, 0.717) is 52.1 Å². The molecule has 0 amide bonds. The smallest absolute Gasteiger partial charge is 0.305 e. The van der Waals surface area contributed by atoms with E-state index in [9.17, 15) is 9.59 Å². The third-order valence-electron chi connectivity index (χ3n) is 3.00. The Morgan fingerprint density at radius 3 is 1.40 bits per heavy atom. The zero-order chi connectivity index (χ0) is 19.2. The first kappa shape index (κ1) is 26.1. The summed E-state index contributed by atoms with van der Waals surface area (Å²) in [6.07, 6.45) is 6.04. The molecule has 0 aromatic heterocycles. The summed E-state index contributed by atoms with van der Waals surface area (Å²) in [6.45, 7) is 5.82. The molecule has 0 aromatic rings. The van der Waals surface area contributed by atoms with Gasteiger partial charge in [0.15, 0.2) is 0 Å². The topological polar surface area (TPSA) is 102 Å². The van der Waals surface area contributed by atoms with Crippen LogP contribution in [0.3, 0.4) is 0 Å². The number of aliphatic hydroxyl groups is 2. The maximum Gasteiger partial charge on any atom is 0.305 e. The number of unbranched alkanes of at least 4 members (excludes halogenated alkanes) is 3. The summed E-state index contributed by atoms with van der Waals surface area (Å²) in [6, 6.07) is 0. The van der Waals surface area contributed by atoms with Crippen LogP contribution < -0.4 is 0 Å². The number of esters is 2. The number of carbonyl (C=O) groups is 2. The van der Waals surface area contributed by atoms with Crippen LogP contribution in [-0.4, -0.2) is 61.8 Å². The van der Waals surface area contributed by atoms with Gasteiger partial charge >= 0.3 is 11.9 Å². The molecule has 0 aromatic carbocycles. The van der Waals surface area contributed by atoms with E-state index in [1.807, 2.05) is 0 Å². The number of hydrogen-bond donors (Lipinski definition) is 2. The summed E-state index contributed by atoms with van der Waals surface area (Å²) in [4.78, 5) is 22.5. The predicted molar refractivity (Wildman–Crippen MR) is 95.2 cm³/mol. The van der Waals surface area contributed by atoms with Crippen molar-refractivity contribution in [1.29, 1.82) is 0 Å². The molecule has 25 heavy (non-hydrogen) atoms. The fourth-order valence-electron chi connectivity index (χ4n) is 1.57. The normalized spacial score (nSPS) is 9.92. The molecule has 0 bridgehead atoms. The molecule has 0 heterocycles. The molecule has 0 aliphatic rings. The van der Waals surface area contributed by atoms with Crippen molar-refractivity contribution in [1.82, 2.24) is 0 Å². The summed E-state index contributed by atoms with van der Waals surface area (Å²) in [5.74, 6) is -0.328. The average molecular weight is 364 g/mol. The van der Waals surface area contributed by atoms with E-state index in [2.05, 4.69) is 18.6 Å². The van der Waals surface area contributed by atoms with E-state index in [1.54, 1.807) is 0 Å². The highest BCUT2D eigenvalue weighted by molar-refractivity contribution is 5.70. The van der Waals surface area contributed by atoms with Crippen molar-refractivity contribution in [2.75, 3.05) is 39.6 Å². The first-order valence-corrected chi connectivity index (χ1v) is 9.22. The molecule has 7 heteroatoms. The molecular formula is C18H36O7. The molecule has 0 atom stereocenters. The standard InChI is InChI=1S/C14H26O4.C4H10O3/c1-3-5-11-17-13(15)9-7-8-10-14(16)18-12-6-4-2;5-1-3-7-4-2-6/h3-12H2,1-2H3;5-6H,1-4H2. The SMILES string of the molecule is CCCCOC(=O)CCCCC(=O)OCCCC.OCCOCCO. The van der Waals surface area contributed by atoms with E-state index < -0.39 is 0 Å². The van der Waals surface area contributed by atoms with Crippen LogP contribution >= 0.6 is 0 Å². The zero-order valence-corrected chi connectivity index (χ0v) is 15.8. The molecule has 0 saturated carbocycles. The van der Waals surface area contributed by atoms with Crippen molar-refractivity contribution in [2.24, 2.45) is 0 Å². The molecular weight excluding hydrogens is 328 g/mol. The highest BCUT2D eigenvalue weighted by Crippen LogP contribution is 2.04. The molecule has 0 fully saturated rings. The molecule has 0 rings (SSSR count). The Labute approximate surface area is 151 Å². The van der Waals surface area contributed by atoms with E-state index in [-0.39, 0.29) is 25.2 Å². The van der Waals surface area contributed by atoms with Gasteiger partial charge in [-0.15, -0.1) is 0 Å². The molecule has 0 spiro atoms. The van der Waals surface area contributed by atoms with Crippen LogP contribution in [0.2, 0.25) is 0 Å². The summed E-state index contributed by atoms with van der Waals surface area (Å²) in [5, 5.41) is 16.2. The summed E-state index contributed by atoms with van der Waals surface area (Å²) in [5.41, 5.74) is 0. The Bertz CT molecular complexity index is 267. The van der Waals surface area contributed by atoms with E-state index in [1.165, 1.54) is 0 Å². The average Bonchev–Trinajstić information content (AvgIpc) is 2.60. The Hall–Kier alpha value is -1.18. The van der Waals surface area contributed by atoms with E-state index in [0.717, 1.165) is 25.7 Å². The van der Waals surface area contributed by atoms with Crippen LogP contribution in [0.4, 0.5) is 0 Å². The van der Waals surface area contributed by atoms with Crippen LogP contribution in [0.5, 0.6) is 0 Å². The quantitative estimate of drug-likeness (QED) is 0.339. The minimum Gasteiger partial charge on any atom is -0.466 e. The van der Waals surface area contributed by atoms with Crippen LogP contribution in [0.15, 0.2) is 0 Å². The lowest BCUT2D eigenvalue weighted by Crippen LogP contribution is -2.07. The van der Waals surface area contributed by atoms with Gasteiger partial charge in [0.05, 0.1) is 39.6 Å². The molecule has 0 unspecified atom stereocenters. The van der Waals surface area contributed by atoms with Crippen molar-refractivity contribution in [2.45, 2.75) is 65.2 Å². The highest BCUT2D eigenvalue weighted by Gasteiger charge is 2.05. The summed E-state index contributed by atoms with van der Waals surface area (Å²) >= 11 is 0. The van der Waals surface area contributed by atoms with E-state index in [4.69, 9.17) is 19.7 Å². The lowest BCUT2D eigenvalue weighted by molar-refractivity contribution is -0.146. The maximum absolute atomic E-state index is 11.2. The first-order valence-electron chi connectivity index (χ1n) is 9.22. The lowest BCUT2D eigenvalue weighted by atomic mass is 10.2. The van der Waals surface area contributed by atoms with Crippen molar-refractivity contribution in [3.05, 3.63) is 0 Å².